The number of rotatable bonds is 7. The molecule has 0 unspecified atom stereocenters. The van der Waals surface area contributed by atoms with Crippen molar-refractivity contribution in [3.05, 3.63) is 77.7 Å². The van der Waals surface area contributed by atoms with Gasteiger partial charge in [0.05, 0.1) is 13.7 Å². The number of ether oxygens (including phenoxy) is 1. The van der Waals surface area contributed by atoms with Gasteiger partial charge in [-0.15, -0.1) is 0 Å². The average Bonchev–Trinajstić information content (AvgIpc) is 2.47. The molecule has 3 N–H and O–H groups in total. The molecule has 0 aromatic heterocycles. The molecule has 0 aliphatic carbocycles. The first kappa shape index (κ1) is 16.8. The topological polar surface area (TPSA) is 47.3 Å². The average molecular weight is 284 g/mol. The van der Waals surface area contributed by atoms with Crippen LogP contribution in [0.25, 0.3) is 0 Å². The number of aryl methyl sites for hydroxylation is 2. The zero-order valence-electron chi connectivity index (χ0n) is 13.1. The largest absolute Gasteiger partial charge is 0.500 e. The number of hydrogen-bond donors (Lipinski definition) is 2. The fourth-order valence-corrected chi connectivity index (χ4v) is 1.76. The van der Waals surface area contributed by atoms with Gasteiger partial charge >= 0.3 is 0 Å². The Hall–Kier alpha value is -2.26. The fraction of sp³-hybridized carbons (Fsp3) is 0.222. The minimum absolute atomic E-state index is 0.356. The van der Waals surface area contributed by atoms with Crippen molar-refractivity contribution in [2.45, 2.75) is 13.8 Å². The smallest absolute Gasteiger partial charge is 0.109 e. The van der Waals surface area contributed by atoms with E-state index in [0.717, 1.165) is 17.0 Å². The van der Waals surface area contributed by atoms with Gasteiger partial charge in [-0.1, -0.05) is 25.3 Å². The van der Waals surface area contributed by atoms with Crippen molar-refractivity contribution in [2.24, 2.45) is 5.73 Å². The van der Waals surface area contributed by atoms with Crippen LogP contribution in [0.3, 0.4) is 0 Å². The molecule has 0 amide bonds. The molecule has 3 heteroatoms. The first-order valence-corrected chi connectivity index (χ1v) is 6.82. The van der Waals surface area contributed by atoms with Crippen LogP contribution in [0.4, 0.5) is 5.69 Å². The first-order chi connectivity index (χ1) is 10.0. The maximum atomic E-state index is 5.55. The molecule has 0 atom stereocenters. The third-order valence-corrected chi connectivity index (χ3v) is 3.28. The maximum absolute atomic E-state index is 5.55. The summed E-state index contributed by atoms with van der Waals surface area (Å²) in [6.45, 7) is 12.4. The Morgan fingerprint density at radius 1 is 1.29 bits per heavy atom. The maximum Gasteiger partial charge on any atom is 0.109 e. The zero-order chi connectivity index (χ0) is 15.8. The second kappa shape index (κ2) is 8.12. The molecule has 0 aliphatic rings. The van der Waals surface area contributed by atoms with E-state index in [0.29, 0.717) is 12.3 Å². The summed E-state index contributed by atoms with van der Waals surface area (Å²) in [6.07, 6.45) is 5.45. The molecule has 0 radical (unpaired) electrons. The molecule has 1 aromatic rings. The van der Waals surface area contributed by atoms with Crippen LogP contribution >= 0.6 is 0 Å². The molecule has 112 valence electrons. The number of methoxy groups -OCH3 is 1. The summed E-state index contributed by atoms with van der Waals surface area (Å²) in [6, 6.07) is 6.21. The molecule has 0 bridgehead atoms. The van der Waals surface area contributed by atoms with Gasteiger partial charge in [0.25, 0.3) is 0 Å². The summed E-state index contributed by atoms with van der Waals surface area (Å²) in [7, 11) is 1.60. The van der Waals surface area contributed by atoms with Crippen LogP contribution in [0.2, 0.25) is 0 Å². The summed E-state index contributed by atoms with van der Waals surface area (Å²) in [4.78, 5) is 0. The number of nitrogens with two attached hydrogens (primary N) is 1. The fourth-order valence-electron chi connectivity index (χ4n) is 1.76. The molecule has 1 aromatic carbocycles. The van der Waals surface area contributed by atoms with E-state index in [4.69, 9.17) is 10.5 Å². The highest BCUT2D eigenvalue weighted by Crippen LogP contribution is 2.18. The summed E-state index contributed by atoms with van der Waals surface area (Å²) < 4.78 is 5.13. The summed E-state index contributed by atoms with van der Waals surface area (Å²) in [5.74, 6) is 0.702. The van der Waals surface area contributed by atoms with Gasteiger partial charge in [0.15, 0.2) is 0 Å². The molecule has 0 fully saturated rings. The molecule has 21 heavy (non-hydrogen) atoms. The molecule has 1 rings (SSSR count). The normalized spacial score (nSPS) is 12.0. The molecule has 0 saturated heterocycles. The standard InChI is InChI=1S/C18H24N2O/c1-6-16(8-10-18(12-19)21-5)15(4)20-17-9-7-13(2)14(3)11-17/h6-11,20H,1,4,12,19H2,2-3,5H3/b16-8+,18-10+. The quantitative estimate of drug-likeness (QED) is 0.591. The van der Waals surface area contributed by atoms with E-state index in [2.05, 4.69) is 44.5 Å². The minimum atomic E-state index is 0.356. The predicted molar refractivity (Wildman–Crippen MR) is 91.1 cm³/mol. The van der Waals surface area contributed by atoms with Gasteiger partial charge in [0, 0.05) is 11.4 Å². The molecule has 0 spiro atoms. The Kier molecular flexibility index (Phi) is 6.50. The zero-order valence-corrected chi connectivity index (χ0v) is 13.1. The molecular weight excluding hydrogens is 260 g/mol. The lowest BCUT2D eigenvalue weighted by Gasteiger charge is -2.12. The molecular formula is C18H24N2O. The highest BCUT2D eigenvalue weighted by Gasteiger charge is 2.01. The molecule has 0 aliphatic heterocycles. The third kappa shape index (κ3) is 4.97. The third-order valence-electron chi connectivity index (χ3n) is 3.28. The van der Waals surface area contributed by atoms with Crippen molar-refractivity contribution < 1.29 is 4.74 Å². The van der Waals surface area contributed by atoms with E-state index in [1.165, 1.54) is 11.1 Å². The summed E-state index contributed by atoms with van der Waals surface area (Å²) >= 11 is 0. The van der Waals surface area contributed by atoms with Crippen LogP contribution in [-0.2, 0) is 4.74 Å². The van der Waals surface area contributed by atoms with Crippen molar-refractivity contribution in [1.82, 2.24) is 0 Å². The van der Waals surface area contributed by atoms with Crippen molar-refractivity contribution in [3.8, 4) is 0 Å². The van der Waals surface area contributed by atoms with Crippen LogP contribution in [-0.4, -0.2) is 13.7 Å². The van der Waals surface area contributed by atoms with Crippen LogP contribution in [0.1, 0.15) is 11.1 Å². The number of anilines is 1. The molecule has 3 nitrogen and oxygen atoms in total. The highest BCUT2D eigenvalue weighted by molar-refractivity contribution is 5.57. The van der Waals surface area contributed by atoms with Gasteiger partial charge in [0.2, 0.25) is 0 Å². The Morgan fingerprint density at radius 3 is 2.52 bits per heavy atom. The van der Waals surface area contributed by atoms with Gasteiger partial charge in [-0.25, -0.2) is 0 Å². The van der Waals surface area contributed by atoms with E-state index >= 15 is 0 Å². The van der Waals surface area contributed by atoms with Gasteiger partial charge in [-0.05, 0) is 54.8 Å². The number of allylic oxidation sites excluding steroid dienone is 3. The van der Waals surface area contributed by atoms with Crippen LogP contribution in [0.15, 0.2) is 66.6 Å². The predicted octanol–water partition coefficient (Wildman–Crippen LogP) is 3.83. The SMILES string of the molecule is C=C/C(=C\C=C(/CN)OC)C(=C)Nc1ccc(C)c(C)c1. The number of nitrogens with one attached hydrogen (secondary N) is 1. The second-order valence-corrected chi connectivity index (χ2v) is 4.77. The van der Waals surface area contributed by atoms with Gasteiger partial charge in [-0.3, -0.25) is 0 Å². The van der Waals surface area contributed by atoms with Gasteiger partial charge < -0.3 is 15.8 Å². The van der Waals surface area contributed by atoms with Gasteiger partial charge in [0.1, 0.15) is 5.76 Å². The van der Waals surface area contributed by atoms with E-state index < -0.39 is 0 Å². The van der Waals surface area contributed by atoms with E-state index in [1.54, 1.807) is 13.2 Å². The Morgan fingerprint density at radius 2 is 2.00 bits per heavy atom. The van der Waals surface area contributed by atoms with Crippen molar-refractivity contribution in [2.75, 3.05) is 19.0 Å². The van der Waals surface area contributed by atoms with E-state index in [-0.39, 0.29) is 0 Å². The van der Waals surface area contributed by atoms with Crippen molar-refractivity contribution in [1.29, 1.82) is 0 Å². The van der Waals surface area contributed by atoms with Crippen LogP contribution in [0.5, 0.6) is 0 Å². The van der Waals surface area contributed by atoms with E-state index in [9.17, 15) is 0 Å². The van der Waals surface area contributed by atoms with Crippen molar-refractivity contribution in [3.63, 3.8) is 0 Å². The lowest BCUT2D eigenvalue weighted by Crippen LogP contribution is -2.04. The van der Waals surface area contributed by atoms with Crippen LogP contribution in [0, 0.1) is 13.8 Å². The summed E-state index contributed by atoms with van der Waals surface area (Å²) in [5.41, 5.74) is 10.7. The monoisotopic (exact) mass is 284 g/mol. The van der Waals surface area contributed by atoms with Crippen molar-refractivity contribution >= 4 is 5.69 Å². The van der Waals surface area contributed by atoms with E-state index in [1.807, 2.05) is 18.2 Å². The Labute approximate surface area is 127 Å². The number of hydrogen-bond acceptors (Lipinski definition) is 3. The highest BCUT2D eigenvalue weighted by atomic mass is 16.5. The second-order valence-electron chi connectivity index (χ2n) is 4.77. The van der Waals surface area contributed by atoms with Gasteiger partial charge in [-0.2, -0.15) is 0 Å². The lowest BCUT2D eigenvalue weighted by molar-refractivity contribution is 0.287. The molecule has 0 heterocycles. The lowest BCUT2D eigenvalue weighted by atomic mass is 10.1. The summed E-state index contributed by atoms with van der Waals surface area (Å²) in [5, 5.41) is 3.29. The Balaban J connectivity index is 2.89. The number of benzene rings is 1. The Bertz CT molecular complexity index is 577. The first-order valence-electron chi connectivity index (χ1n) is 6.82. The molecule has 0 saturated carbocycles. The van der Waals surface area contributed by atoms with Crippen LogP contribution < -0.4 is 11.1 Å². The minimum Gasteiger partial charge on any atom is -0.500 e.